The van der Waals surface area contributed by atoms with Crippen LogP contribution in [0.5, 0.6) is 0 Å². The zero-order valence-electron chi connectivity index (χ0n) is 9.68. The van der Waals surface area contributed by atoms with Crippen LogP contribution in [0, 0.1) is 19.7 Å². The number of hydrogen-bond acceptors (Lipinski definition) is 0. The van der Waals surface area contributed by atoms with E-state index in [-0.39, 0.29) is 0 Å². The molecule has 0 fully saturated rings. The van der Waals surface area contributed by atoms with Gasteiger partial charge in [-0.05, 0) is 37.1 Å². The number of aryl methyl sites for hydroxylation is 2. The summed E-state index contributed by atoms with van der Waals surface area (Å²) in [4.78, 5) is 0. The van der Waals surface area contributed by atoms with E-state index < -0.39 is 40.5 Å². The van der Waals surface area contributed by atoms with Crippen molar-refractivity contribution in [3.63, 3.8) is 0 Å². The lowest BCUT2D eigenvalue weighted by Gasteiger charge is -2.29. The molecule has 108 valence electrons. The summed E-state index contributed by atoms with van der Waals surface area (Å²) in [5, 5.41) is 0. The Morgan fingerprint density at radius 3 is 1.68 bits per heavy atom. The molecule has 0 aliphatic rings. The fourth-order valence-electron chi connectivity index (χ4n) is 1.47. The van der Waals surface area contributed by atoms with Crippen molar-refractivity contribution >= 4 is 0 Å². The molecule has 0 saturated carbocycles. The van der Waals surface area contributed by atoms with Crippen molar-refractivity contribution in [3.8, 4) is 0 Å². The summed E-state index contributed by atoms with van der Waals surface area (Å²) in [5.74, 6) is -12.7. The van der Waals surface area contributed by atoms with Gasteiger partial charge in [-0.1, -0.05) is 0 Å². The van der Waals surface area contributed by atoms with Gasteiger partial charge in [0.1, 0.15) is 5.82 Å². The Kier molecular flexibility index (Phi) is 3.60. The normalized spacial score (nSPS) is 13.8. The number of alkyl halides is 7. The minimum absolute atomic E-state index is 0.296. The Hall–Kier alpha value is -1.34. The van der Waals surface area contributed by atoms with Crippen molar-refractivity contribution in [1.29, 1.82) is 0 Å². The second-order valence-electron chi connectivity index (χ2n) is 4.06. The molecule has 0 nitrogen and oxygen atoms in total. The van der Waals surface area contributed by atoms with E-state index in [0.717, 1.165) is 13.8 Å². The Balaban J connectivity index is 3.48. The van der Waals surface area contributed by atoms with Crippen LogP contribution in [0.25, 0.3) is 0 Å². The second kappa shape index (κ2) is 4.35. The Bertz CT molecular complexity index is 486. The highest BCUT2D eigenvalue weighted by atomic mass is 19.4. The smallest absolute Gasteiger partial charge is 0.207 e. The Morgan fingerprint density at radius 2 is 1.26 bits per heavy atom. The fraction of sp³-hybridized carbons (Fsp3) is 0.455. The summed E-state index contributed by atoms with van der Waals surface area (Å²) in [6, 6.07) is 0.787. The minimum Gasteiger partial charge on any atom is -0.207 e. The maximum Gasteiger partial charge on any atom is 0.460 e. The molecule has 0 heterocycles. The fourth-order valence-corrected chi connectivity index (χ4v) is 1.47. The molecular formula is C11H8F8. The average molecular weight is 292 g/mol. The third kappa shape index (κ3) is 2.40. The standard InChI is InChI=1S/C11H8F8/c1-5-4-8(12)6(2)3-7(5)9(13,14)10(15,16)11(17,18)19/h3-4H,1-2H3. The number of hydrogen-bond donors (Lipinski definition) is 0. The maximum absolute atomic E-state index is 13.4. The van der Waals surface area contributed by atoms with Crippen LogP contribution in [-0.4, -0.2) is 12.1 Å². The van der Waals surface area contributed by atoms with Gasteiger partial charge >= 0.3 is 18.0 Å². The van der Waals surface area contributed by atoms with Crippen LogP contribution in [0.2, 0.25) is 0 Å². The highest BCUT2D eigenvalue weighted by Crippen LogP contribution is 2.52. The summed E-state index contributed by atoms with van der Waals surface area (Å²) in [7, 11) is 0. The lowest BCUT2D eigenvalue weighted by molar-refractivity contribution is -0.359. The van der Waals surface area contributed by atoms with Crippen LogP contribution in [0.4, 0.5) is 35.1 Å². The van der Waals surface area contributed by atoms with E-state index in [1.807, 2.05) is 0 Å². The zero-order valence-corrected chi connectivity index (χ0v) is 9.68. The van der Waals surface area contributed by atoms with Crippen LogP contribution in [0.1, 0.15) is 16.7 Å². The third-order valence-electron chi connectivity index (χ3n) is 2.59. The molecule has 1 aromatic rings. The molecule has 0 aliphatic carbocycles. The van der Waals surface area contributed by atoms with Crippen LogP contribution in [-0.2, 0) is 5.92 Å². The van der Waals surface area contributed by atoms with Gasteiger partial charge in [-0.2, -0.15) is 30.7 Å². The van der Waals surface area contributed by atoms with Gasteiger partial charge in [0.25, 0.3) is 0 Å². The van der Waals surface area contributed by atoms with Gasteiger partial charge in [0.2, 0.25) is 0 Å². The predicted octanol–water partition coefficient (Wildman–Crippen LogP) is 4.73. The molecule has 0 N–H and O–H groups in total. The number of rotatable bonds is 2. The third-order valence-corrected chi connectivity index (χ3v) is 2.59. The van der Waals surface area contributed by atoms with Crippen LogP contribution in [0.3, 0.4) is 0 Å². The van der Waals surface area contributed by atoms with Gasteiger partial charge in [0, 0.05) is 5.56 Å². The van der Waals surface area contributed by atoms with Crippen molar-refractivity contribution in [3.05, 3.63) is 34.6 Å². The van der Waals surface area contributed by atoms with Gasteiger partial charge in [-0.3, -0.25) is 0 Å². The van der Waals surface area contributed by atoms with E-state index in [9.17, 15) is 35.1 Å². The molecule has 1 aromatic carbocycles. The van der Waals surface area contributed by atoms with Crippen LogP contribution in [0.15, 0.2) is 12.1 Å². The minimum atomic E-state index is -6.41. The second-order valence-corrected chi connectivity index (χ2v) is 4.06. The van der Waals surface area contributed by atoms with Gasteiger partial charge in [0.05, 0.1) is 0 Å². The molecule has 0 aliphatic heterocycles. The van der Waals surface area contributed by atoms with Gasteiger partial charge in [-0.15, -0.1) is 0 Å². The summed E-state index contributed by atoms with van der Waals surface area (Å²) < 4.78 is 102. The summed E-state index contributed by atoms with van der Waals surface area (Å²) >= 11 is 0. The van der Waals surface area contributed by atoms with Crippen molar-refractivity contribution in [2.75, 3.05) is 0 Å². The first-order valence-corrected chi connectivity index (χ1v) is 4.92. The molecule has 0 amide bonds. The van der Waals surface area contributed by atoms with E-state index in [0.29, 0.717) is 12.1 Å². The highest BCUT2D eigenvalue weighted by molar-refractivity contribution is 5.36. The highest BCUT2D eigenvalue weighted by Gasteiger charge is 2.73. The first-order chi connectivity index (χ1) is 8.32. The Morgan fingerprint density at radius 1 is 0.789 bits per heavy atom. The summed E-state index contributed by atoms with van der Waals surface area (Å²) in [5.41, 5.74) is -2.68. The zero-order chi connectivity index (χ0) is 15.2. The first-order valence-electron chi connectivity index (χ1n) is 4.92. The molecule has 0 bridgehead atoms. The summed E-state index contributed by atoms with van der Waals surface area (Å²) in [6.45, 7) is 1.82. The van der Waals surface area contributed by atoms with Crippen molar-refractivity contribution in [2.45, 2.75) is 31.9 Å². The van der Waals surface area contributed by atoms with Crippen molar-refractivity contribution < 1.29 is 35.1 Å². The van der Waals surface area contributed by atoms with E-state index in [1.54, 1.807) is 0 Å². The molecule has 0 atom stereocenters. The molecule has 0 unspecified atom stereocenters. The van der Waals surface area contributed by atoms with Gasteiger partial charge in [0.15, 0.2) is 0 Å². The molecule has 19 heavy (non-hydrogen) atoms. The molecule has 0 radical (unpaired) electrons. The number of benzene rings is 1. The van der Waals surface area contributed by atoms with Crippen LogP contribution < -0.4 is 0 Å². The van der Waals surface area contributed by atoms with Crippen LogP contribution >= 0.6 is 0 Å². The first kappa shape index (κ1) is 15.7. The lowest BCUT2D eigenvalue weighted by Crippen LogP contribution is -2.50. The van der Waals surface area contributed by atoms with E-state index in [4.69, 9.17) is 0 Å². The lowest BCUT2D eigenvalue weighted by atomic mass is 9.95. The number of halogens is 8. The molecule has 8 heteroatoms. The van der Waals surface area contributed by atoms with Crippen molar-refractivity contribution in [1.82, 2.24) is 0 Å². The van der Waals surface area contributed by atoms with Gasteiger partial charge < -0.3 is 0 Å². The van der Waals surface area contributed by atoms with Crippen molar-refractivity contribution in [2.24, 2.45) is 0 Å². The van der Waals surface area contributed by atoms with Gasteiger partial charge in [-0.25, -0.2) is 4.39 Å². The largest absolute Gasteiger partial charge is 0.460 e. The topological polar surface area (TPSA) is 0 Å². The summed E-state index contributed by atoms with van der Waals surface area (Å²) in [6.07, 6.45) is -6.41. The molecule has 0 saturated heterocycles. The van der Waals surface area contributed by atoms with E-state index >= 15 is 0 Å². The molecule has 0 aromatic heterocycles. The molecule has 0 spiro atoms. The van der Waals surface area contributed by atoms with E-state index in [1.165, 1.54) is 0 Å². The quantitative estimate of drug-likeness (QED) is 0.691. The molecular weight excluding hydrogens is 284 g/mol. The predicted molar refractivity (Wildman–Crippen MR) is 50.8 cm³/mol. The molecule has 1 rings (SSSR count). The Labute approximate surface area is 103 Å². The average Bonchev–Trinajstić information content (AvgIpc) is 2.21. The van der Waals surface area contributed by atoms with E-state index in [2.05, 4.69) is 0 Å². The maximum atomic E-state index is 13.4. The SMILES string of the molecule is Cc1cc(C(F)(F)C(F)(F)C(F)(F)F)c(C)cc1F. The monoisotopic (exact) mass is 292 g/mol.